The zero-order valence-electron chi connectivity index (χ0n) is 16.5. The normalized spacial score (nSPS) is 21.4. The Morgan fingerprint density at radius 1 is 1.10 bits per heavy atom. The number of rotatable bonds is 4. The van der Waals surface area contributed by atoms with Gasteiger partial charge in [-0.05, 0) is 74.8 Å². The molecule has 1 aliphatic carbocycles. The summed E-state index contributed by atoms with van der Waals surface area (Å²) in [7, 11) is 0. The van der Waals surface area contributed by atoms with Gasteiger partial charge in [0, 0.05) is 23.6 Å². The molecule has 5 nitrogen and oxygen atoms in total. The lowest BCUT2D eigenvalue weighted by Crippen LogP contribution is -2.29. The summed E-state index contributed by atoms with van der Waals surface area (Å²) in [4.78, 5) is 6.65. The van der Waals surface area contributed by atoms with Crippen LogP contribution in [0.4, 0.5) is 5.69 Å². The van der Waals surface area contributed by atoms with Gasteiger partial charge in [0.05, 0.1) is 23.5 Å². The number of aromatic nitrogens is 2. The SMILES string of the molecule is Cc1cc(C2C(c3ccccn3)NC(=S)N2c2ccccc2O)c(C)n1C1CC1. The largest absolute Gasteiger partial charge is 0.506 e. The first kappa shape index (κ1) is 18.2. The number of anilines is 1. The Balaban J connectivity index is 1.68. The third kappa shape index (κ3) is 2.99. The first-order chi connectivity index (χ1) is 14.1. The van der Waals surface area contributed by atoms with Crippen LogP contribution in [0.25, 0.3) is 0 Å². The topological polar surface area (TPSA) is 53.3 Å². The monoisotopic (exact) mass is 404 g/mol. The second kappa shape index (κ2) is 6.88. The molecule has 0 amide bonds. The lowest BCUT2D eigenvalue weighted by Gasteiger charge is -2.28. The summed E-state index contributed by atoms with van der Waals surface area (Å²) in [5.41, 5.74) is 5.41. The van der Waals surface area contributed by atoms with Crippen LogP contribution in [-0.2, 0) is 0 Å². The maximum Gasteiger partial charge on any atom is 0.174 e. The van der Waals surface area contributed by atoms with Crippen LogP contribution in [0, 0.1) is 13.8 Å². The molecule has 2 aromatic heterocycles. The predicted molar refractivity (Wildman–Crippen MR) is 118 cm³/mol. The smallest absolute Gasteiger partial charge is 0.174 e. The molecule has 2 N–H and O–H groups in total. The van der Waals surface area contributed by atoms with Crippen LogP contribution in [0.3, 0.4) is 0 Å². The van der Waals surface area contributed by atoms with E-state index in [2.05, 4.69) is 34.8 Å². The highest BCUT2D eigenvalue weighted by Gasteiger charge is 2.43. The van der Waals surface area contributed by atoms with Crippen LogP contribution >= 0.6 is 12.2 Å². The fraction of sp³-hybridized carbons (Fsp3) is 0.304. The third-order valence-electron chi connectivity index (χ3n) is 5.99. The molecule has 3 heterocycles. The first-order valence-corrected chi connectivity index (χ1v) is 10.4. The minimum atomic E-state index is -0.101. The maximum atomic E-state index is 10.6. The van der Waals surface area contributed by atoms with Gasteiger partial charge in [-0.15, -0.1) is 0 Å². The van der Waals surface area contributed by atoms with E-state index in [0.29, 0.717) is 16.8 Å². The van der Waals surface area contributed by atoms with Gasteiger partial charge in [0.25, 0.3) is 0 Å². The van der Waals surface area contributed by atoms with Crippen LogP contribution in [-0.4, -0.2) is 19.8 Å². The van der Waals surface area contributed by atoms with Gasteiger partial charge in [0.1, 0.15) is 5.75 Å². The number of pyridine rings is 1. The molecule has 148 valence electrons. The fourth-order valence-corrected chi connectivity index (χ4v) is 4.93. The van der Waals surface area contributed by atoms with Gasteiger partial charge in [-0.2, -0.15) is 0 Å². The van der Waals surface area contributed by atoms with Crippen molar-refractivity contribution in [3.63, 3.8) is 0 Å². The number of nitrogens with one attached hydrogen (secondary N) is 1. The number of nitrogens with zero attached hydrogens (tertiary/aromatic N) is 3. The predicted octanol–water partition coefficient (Wildman–Crippen LogP) is 4.72. The zero-order chi connectivity index (χ0) is 20.1. The van der Waals surface area contributed by atoms with Crippen molar-refractivity contribution in [2.45, 2.75) is 44.8 Å². The standard InChI is InChI=1S/C23H24N4OS/c1-14-13-17(15(2)26(14)16-10-11-16)22-21(18-7-5-6-12-24-18)25-23(29)27(22)19-8-3-4-9-20(19)28/h3-9,12-13,16,21-22,28H,10-11H2,1-2H3,(H,25,29). The number of benzene rings is 1. The molecule has 2 fully saturated rings. The Morgan fingerprint density at radius 3 is 2.55 bits per heavy atom. The molecule has 3 aromatic rings. The van der Waals surface area contributed by atoms with Crippen molar-refractivity contribution >= 4 is 23.0 Å². The number of aryl methyl sites for hydroxylation is 1. The number of phenols is 1. The quantitative estimate of drug-likeness (QED) is 0.617. The van der Waals surface area contributed by atoms with Gasteiger partial charge < -0.3 is 19.9 Å². The molecule has 0 radical (unpaired) electrons. The van der Waals surface area contributed by atoms with E-state index in [1.807, 2.05) is 47.5 Å². The summed E-state index contributed by atoms with van der Waals surface area (Å²) in [5.74, 6) is 0.222. The minimum absolute atomic E-state index is 0.0931. The number of aromatic hydroxyl groups is 1. The lowest BCUT2D eigenvalue weighted by atomic mass is 9.96. The highest BCUT2D eigenvalue weighted by atomic mass is 32.1. The van der Waals surface area contributed by atoms with Crippen molar-refractivity contribution in [3.8, 4) is 5.75 Å². The van der Waals surface area contributed by atoms with E-state index in [1.165, 1.54) is 29.8 Å². The van der Waals surface area contributed by atoms with E-state index in [4.69, 9.17) is 12.2 Å². The third-order valence-corrected chi connectivity index (χ3v) is 6.31. The molecule has 0 spiro atoms. The van der Waals surface area contributed by atoms with Crippen LogP contribution in [0.1, 0.15) is 53.6 Å². The number of phenolic OH excluding ortho intramolecular Hbond substituents is 1. The Kier molecular flexibility index (Phi) is 4.32. The molecule has 0 bridgehead atoms. The Morgan fingerprint density at radius 2 is 1.86 bits per heavy atom. The number of thiocarbonyl (C=S) groups is 1. The molecule has 1 saturated heterocycles. The van der Waals surface area contributed by atoms with Crippen molar-refractivity contribution in [1.82, 2.24) is 14.9 Å². The molecule has 1 saturated carbocycles. The van der Waals surface area contributed by atoms with E-state index < -0.39 is 0 Å². The Labute approximate surface area is 176 Å². The highest BCUT2D eigenvalue weighted by molar-refractivity contribution is 7.80. The second-order valence-electron chi connectivity index (χ2n) is 7.91. The Hall–Kier alpha value is -2.86. The summed E-state index contributed by atoms with van der Waals surface area (Å²) in [6.07, 6.45) is 4.29. The summed E-state index contributed by atoms with van der Waals surface area (Å²) >= 11 is 5.75. The van der Waals surface area contributed by atoms with Crippen LogP contribution in [0.15, 0.2) is 54.7 Å². The zero-order valence-corrected chi connectivity index (χ0v) is 17.4. The first-order valence-electron chi connectivity index (χ1n) is 10.0. The number of para-hydroxylation sites is 2. The molecular weight excluding hydrogens is 380 g/mol. The summed E-state index contributed by atoms with van der Waals surface area (Å²) < 4.78 is 2.45. The van der Waals surface area contributed by atoms with E-state index in [-0.39, 0.29) is 17.8 Å². The van der Waals surface area contributed by atoms with Crippen LogP contribution in [0.5, 0.6) is 5.75 Å². The summed E-state index contributed by atoms with van der Waals surface area (Å²) in [6.45, 7) is 4.37. The van der Waals surface area contributed by atoms with Crippen molar-refractivity contribution in [1.29, 1.82) is 0 Å². The molecule has 5 rings (SSSR count). The van der Waals surface area contributed by atoms with Crippen molar-refractivity contribution in [3.05, 3.63) is 77.4 Å². The summed E-state index contributed by atoms with van der Waals surface area (Å²) in [6, 6.07) is 16.0. The minimum Gasteiger partial charge on any atom is -0.506 e. The molecule has 6 heteroatoms. The van der Waals surface area contributed by atoms with Crippen LogP contribution < -0.4 is 10.2 Å². The second-order valence-corrected chi connectivity index (χ2v) is 8.30. The average Bonchev–Trinajstić information content (AvgIpc) is 3.43. The van der Waals surface area contributed by atoms with Crippen molar-refractivity contribution < 1.29 is 5.11 Å². The number of hydrogen-bond donors (Lipinski definition) is 2. The van der Waals surface area contributed by atoms with E-state index in [0.717, 1.165) is 5.69 Å². The van der Waals surface area contributed by atoms with E-state index in [1.54, 1.807) is 6.07 Å². The molecule has 1 aliphatic heterocycles. The molecular formula is C23H24N4OS. The fourth-order valence-electron chi connectivity index (χ4n) is 4.59. The summed E-state index contributed by atoms with van der Waals surface area (Å²) in [5, 5.41) is 14.7. The number of hydrogen-bond acceptors (Lipinski definition) is 3. The average molecular weight is 405 g/mol. The highest BCUT2D eigenvalue weighted by Crippen LogP contribution is 2.47. The van der Waals surface area contributed by atoms with Crippen molar-refractivity contribution in [2.75, 3.05) is 4.90 Å². The van der Waals surface area contributed by atoms with Crippen LogP contribution in [0.2, 0.25) is 0 Å². The van der Waals surface area contributed by atoms with Gasteiger partial charge in [0.15, 0.2) is 5.11 Å². The van der Waals surface area contributed by atoms with Gasteiger partial charge in [0.2, 0.25) is 0 Å². The van der Waals surface area contributed by atoms with Gasteiger partial charge >= 0.3 is 0 Å². The molecule has 1 aromatic carbocycles. The molecule has 29 heavy (non-hydrogen) atoms. The van der Waals surface area contributed by atoms with Gasteiger partial charge in [-0.1, -0.05) is 18.2 Å². The molecule has 2 atom stereocenters. The van der Waals surface area contributed by atoms with E-state index >= 15 is 0 Å². The molecule has 2 unspecified atom stereocenters. The van der Waals surface area contributed by atoms with Gasteiger partial charge in [-0.25, -0.2) is 0 Å². The Bertz CT molecular complexity index is 1070. The van der Waals surface area contributed by atoms with Gasteiger partial charge in [-0.3, -0.25) is 4.98 Å². The molecule has 2 aliphatic rings. The van der Waals surface area contributed by atoms with E-state index in [9.17, 15) is 5.11 Å². The maximum absolute atomic E-state index is 10.6. The van der Waals surface area contributed by atoms with Crippen molar-refractivity contribution in [2.24, 2.45) is 0 Å². The lowest BCUT2D eigenvalue weighted by molar-refractivity contribution is 0.472.